The van der Waals surface area contributed by atoms with Crippen LogP contribution in [0.1, 0.15) is 0 Å². The van der Waals surface area contributed by atoms with Crippen LogP contribution in [-0.2, 0) is 42.9 Å². The van der Waals surface area contributed by atoms with E-state index in [9.17, 15) is 25.3 Å². The van der Waals surface area contributed by atoms with Crippen molar-refractivity contribution in [3.8, 4) is 0 Å². The van der Waals surface area contributed by atoms with E-state index in [0.717, 1.165) is 21.3 Å². The van der Waals surface area contributed by atoms with Crippen LogP contribution in [0.15, 0.2) is 87.5 Å². The van der Waals surface area contributed by atoms with Crippen LogP contribution in [-0.4, -0.2) is 46.6 Å². The zero-order chi connectivity index (χ0) is 25.1. The smallest absolute Gasteiger partial charge is 0.270 e. The van der Waals surface area contributed by atoms with Crippen LogP contribution in [0.3, 0.4) is 0 Å². The van der Waals surface area contributed by atoms with Crippen LogP contribution >= 0.6 is 7.92 Å². The van der Waals surface area contributed by atoms with Gasteiger partial charge in [0.2, 0.25) is 0 Å². The Labute approximate surface area is 200 Å². The Morgan fingerprint density at radius 3 is 1.00 bits per heavy atom. The summed E-state index contributed by atoms with van der Waals surface area (Å²) in [5.41, 5.74) is 0. The van der Waals surface area contributed by atoms with Gasteiger partial charge in [-0.25, -0.2) is 0 Å². The van der Waals surface area contributed by atoms with E-state index in [1.807, 2.05) is 0 Å². The molecule has 0 aliphatic heterocycles. The highest BCUT2D eigenvalue weighted by atomic mass is 32.2. The van der Waals surface area contributed by atoms with E-state index >= 15 is 0 Å². The summed E-state index contributed by atoms with van der Waals surface area (Å²) >= 11 is 0. The highest BCUT2D eigenvalue weighted by Crippen LogP contribution is 2.35. The van der Waals surface area contributed by atoms with Gasteiger partial charge in [0.15, 0.2) is 0 Å². The van der Waals surface area contributed by atoms with Crippen LogP contribution < -0.4 is 15.9 Å². The van der Waals surface area contributed by atoms with Crippen molar-refractivity contribution in [2.24, 2.45) is 0 Å². The average molecular weight is 545 g/mol. The van der Waals surface area contributed by atoms with E-state index in [4.69, 9.17) is 0 Å². The normalized spacial score (nSPS) is 12.7. The van der Waals surface area contributed by atoms with Gasteiger partial charge in [0, 0.05) is 0 Å². The van der Waals surface area contributed by atoms with Crippen molar-refractivity contribution in [3.63, 3.8) is 0 Å². The van der Waals surface area contributed by atoms with Crippen molar-refractivity contribution < 1.29 is 37.8 Å². The van der Waals surface area contributed by atoms with Gasteiger partial charge in [-0.15, -0.1) is 0 Å². The minimum atomic E-state index is -4.01. The van der Waals surface area contributed by atoms with Gasteiger partial charge in [-0.3, -0.25) is 12.5 Å². The molecule has 0 spiro atoms. The molecule has 0 atom stereocenters. The van der Waals surface area contributed by atoms with Gasteiger partial charge >= 0.3 is 0 Å². The molecular weight excluding hydrogens is 523 g/mol. The molecule has 0 aliphatic carbocycles. The third-order valence-electron chi connectivity index (χ3n) is 4.75. The molecule has 3 aromatic rings. The molecule has 0 heterocycles. The lowest BCUT2D eigenvalue weighted by atomic mass is 10.3. The summed E-state index contributed by atoms with van der Waals surface area (Å²) in [5, 5.41) is 1.56. The summed E-state index contributed by atoms with van der Waals surface area (Å²) in [5.74, 6) is 0. The average Bonchev–Trinajstić information content (AvgIpc) is 2.85. The first-order chi connectivity index (χ1) is 15.9. The predicted octanol–water partition coefficient (Wildman–Crippen LogP) is 1.45. The van der Waals surface area contributed by atoms with Crippen LogP contribution in [0.4, 0.5) is 0 Å². The lowest BCUT2D eigenvalue weighted by molar-refractivity contribution is 0.397. The molecule has 34 heavy (non-hydrogen) atoms. The maximum atomic E-state index is 12.3. The molecule has 182 valence electrons. The highest BCUT2D eigenvalue weighted by Gasteiger charge is 2.24. The second-order valence-electron chi connectivity index (χ2n) is 6.69. The van der Waals surface area contributed by atoms with Gasteiger partial charge in [-0.05, 0) is 60.2 Å². The van der Waals surface area contributed by atoms with E-state index in [2.05, 4.69) is 12.5 Å². The fourth-order valence-corrected chi connectivity index (χ4v) is 7.86. The van der Waals surface area contributed by atoms with Crippen molar-refractivity contribution >= 4 is 54.2 Å². The molecule has 0 amide bonds. The Bertz CT molecular complexity index is 1330. The summed E-state index contributed by atoms with van der Waals surface area (Å²) in [4.78, 5) is -0.288. The van der Waals surface area contributed by atoms with E-state index in [-0.39, 0.29) is 14.7 Å². The molecule has 0 bridgehead atoms. The number of hydrogen-bond donors (Lipinski definition) is 0. The quantitative estimate of drug-likeness (QED) is 0.290. The molecule has 3 rings (SSSR count). The van der Waals surface area contributed by atoms with Crippen molar-refractivity contribution in [3.05, 3.63) is 72.8 Å². The van der Waals surface area contributed by atoms with Crippen molar-refractivity contribution in [2.75, 3.05) is 21.3 Å². The van der Waals surface area contributed by atoms with E-state index in [1.165, 1.54) is 54.6 Å². The minimum absolute atomic E-state index is 0.0960. The van der Waals surface area contributed by atoms with E-state index in [0.29, 0.717) is 15.9 Å². The van der Waals surface area contributed by atoms with Gasteiger partial charge in [-0.1, -0.05) is 36.4 Å². The molecule has 13 heteroatoms. The third-order valence-corrected chi connectivity index (χ3v) is 10.9. The summed E-state index contributed by atoms with van der Waals surface area (Å²) in [6.45, 7) is 0. The van der Waals surface area contributed by atoms with Gasteiger partial charge in [0.25, 0.3) is 30.4 Å². The molecule has 0 radical (unpaired) electrons. The Kier molecular flexibility index (Phi) is 7.93. The Morgan fingerprint density at radius 1 is 0.500 bits per heavy atom. The number of benzene rings is 3. The Morgan fingerprint density at radius 2 is 0.765 bits per heavy atom. The summed E-state index contributed by atoms with van der Waals surface area (Å²) < 4.78 is 87.6. The molecule has 0 saturated heterocycles. The zero-order valence-corrected chi connectivity index (χ0v) is 21.6. The molecule has 0 unspecified atom stereocenters. The first kappa shape index (κ1) is 26.4. The maximum Gasteiger partial charge on any atom is 0.296 e. The predicted molar refractivity (Wildman–Crippen MR) is 128 cm³/mol. The first-order valence-corrected chi connectivity index (χ1v) is 15.0. The molecule has 0 aromatic heterocycles. The lowest BCUT2D eigenvalue weighted by Crippen LogP contribution is -2.23. The topological polar surface area (TPSA) is 130 Å². The highest BCUT2D eigenvalue weighted by molar-refractivity contribution is 7.87. The summed E-state index contributed by atoms with van der Waals surface area (Å²) in [6.07, 6.45) is 0. The second kappa shape index (κ2) is 10.2. The van der Waals surface area contributed by atoms with Gasteiger partial charge < -0.3 is 0 Å². The van der Waals surface area contributed by atoms with Crippen LogP contribution in [0.5, 0.6) is 0 Å². The van der Waals surface area contributed by atoms with Crippen molar-refractivity contribution in [1.29, 1.82) is 0 Å². The fourth-order valence-electron chi connectivity index (χ4n) is 3.07. The third kappa shape index (κ3) is 5.55. The molecule has 0 aliphatic rings. The number of hydrogen-bond acceptors (Lipinski definition) is 9. The maximum absolute atomic E-state index is 12.3. The summed E-state index contributed by atoms with van der Waals surface area (Å²) in [7, 11) is -10.5. The second-order valence-corrected chi connectivity index (χ2v) is 14.0. The molecule has 0 N–H and O–H groups in total. The molecule has 0 saturated carbocycles. The fraction of sp³-hybridized carbons (Fsp3) is 0.143. The van der Waals surface area contributed by atoms with Gasteiger partial charge in [0.1, 0.15) is 0 Å². The first-order valence-electron chi connectivity index (χ1n) is 9.47. The standard InChI is InChI=1S/C21H21O9PS3/c1-28-32(22,23)19-10-4-7-16(13-19)31(17-8-5-11-20(14-17)33(24,25)29-2)18-9-6-12-21(15-18)34(26,27)30-3/h4-15H,1-3H3. The molecular formula is C21H21O9PS3. The van der Waals surface area contributed by atoms with Crippen LogP contribution in [0.25, 0.3) is 0 Å². The summed E-state index contributed by atoms with van der Waals surface area (Å²) in [6, 6.07) is 18.0. The number of rotatable bonds is 9. The van der Waals surface area contributed by atoms with Crippen molar-refractivity contribution in [2.45, 2.75) is 14.7 Å². The van der Waals surface area contributed by atoms with Gasteiger partial charge in [-0.2, -0.15) is 25.3 Å². The monoisotopic (exact) mass is 544 g/mol. The SMILES string of the molecule is COS(=O)(=O)c1cccc(P(c2cccc(S(=O)(=O)OC)c2)c2cccc(S(=O)(=O)OC)c2)c1. The van der Waals surface area contributed by atoms with Crippen LogP contribution in [0.2, 0.25) is 0 Å². The van der Waals surface area contributed by atoms with E-state index < -0.39 is 38.3 Å². The van der Waals surface area contributed by atoms with Gasteiger partial charge in [0.05, 0.1) is 36.0 Å². The largest absolute Gasteiger partial charge is 0.296 e. The zero-order valence-electron chi connectivity index (χ0n) is 18.3. The van der Waals surface area contributed by atoms with Crippen molar-refractivity contribution in [1.82, 2.24) is 0 Å². The lowest BCUT2D eigenvalue weighted by Gasteiger charge is -2.21. The molecule has 9 nitrogen and oxygen atoms in total. The van der Waals surface area contributed by atoms with Crippen LogP contribution in [0, 0.1) is 0 Å². The van der Waals surface area contributed by atoms with E-state index in [1.54, 1.807) is 18.2 Å². The molecule has 3 aromatic carbocycles. The Balaban J connectivity index is 2.31. The Hall–Kier alpha value is -2.18. The minimum Gasteiger partial charge on any atom is -0.270 e. The molecule has 0 fully saturated rings.